The molecule has 1 aliphatic rings. The van der Waals surface area contributed by atoms with Crippen molar-refractivity contribution in [2.75, 3.05) is 19.4 Å². The number of nitrogens with two attached hydrogens (primary N) is 1. The molecule has 1 aliphatic heterocycles. The maximum absolute atomic E-state index is 13.0. The van der Waals surface area contributed by atoms with Crippen LogP contribution in [0.15, 0.2) is 33.9 Å². The first-order valence-corrected chi connectivity index (χ1v) is 8.90. The number of benzene rings is 1. The van der Waals surface area contributed by atoms with Gasteiger partial charge in [0.25, 0.3) is 11.5 Å². The number of amides is 3. The number of anilines is 1. The maximum atomic E-state index is 13.0. The number of carbonyl (C=O) groups is 3. The number of rotatable bonds is 5. The molecule has 1 saturated heterocycles. The molecule has 3 rings (SSSR count). The maximum Gasteiger partial charge on any atom is 0.332 e. The highest BCUT2D eigenvalue weighted by Crippen LogP contribution is 2.30. The van der Waals surface area contributed by atoms with Gasteiger partial charge in [-0.15, -0.1) is 0 Å². The van der Waals surface area contributed by atoms with Crippen molar-refractivity contribution in [1.29, 1.82) is 0 Å². The number of nitrogens with zero attached hydrogens (tertiary/aromatic N) is 3. The molecule has 0 bridgehead atoms. The topological polar surface area (TPSA) is 146 Å². The third kappa shape index (κ3) is 3.04. The van der Waals surface area contributed by atoms with Gasteiger partial charge in [0.15, 0.2) is 5.78 Å². The van der Waals surface area contributed by atoms with Gasteiger partial charge in [0.05, 0.1) is 13.7 Å². The van der Waals surface area contributed by atoms with Gasteiger partial charge in [-0.2, -0.15) is 0 Å². The summed E-state index contributed by atoms with van der Waals surface area (Å²) in [5.41, 5.74) is 2.82. The summed E-state index contributed by atoms with van der Waals surface area (Å²) in [6.45, 7) is 0.813. The number of hydrogen-bond donors (Lipinski definition) is 2. The summed E-state index contributed by atoms with van der Waals surface area (Å²) in [5.74, 6) is -1.28. The summed E-state index contributed by atoms with van der Waals surface area (Å²) < 4.78 is 6.77. The Morgan fingerprint density at radius 1 is 1.10 bits per heavy atom. The van der Waals surface area contributed by atoms with Crippen LogP contribution in [0.4, 0.5) is 10.6 Å². The molecule has 1 aromatic carbocycles. The molecule has 1 aromatic heterocycles. The van der Waals surface area contributed by atoms with Gasteiger partial charge in [0.2, 0.25) is 0 Å². The standard InChI is InChI=1S/C19H21N5O6/c1-19(10-5-7-11(30-4)8-6-10)16(27)24(17(28)21-19)9-12(25)13-14(20)22(2)18(29)23(3)15(13)26/h5-8H,9,20H2,1-4H3,(H,21,28). The van der Waals surface area contributed by atoms with Crippen LogP contribution < -0.4 is 27.0 Å². The zero-order chi connectivity index (χ0) is 22.4. The number of nitrogen functional groups attached to an aromatic ring is 1. The van der Waals surface area contributed by atoms with E-state index in [1.807, 2.05) is 0 Å². The third-order valence-electron chi connectivity index (χ3n) is 5.23. The van der Waals surface area contributed by atoms with Crippen molar-refractivity contribution >= 4 is 23.5 Å². The molecule has 158 valence electrons. The lowest BCUT2D eigenvalue weighted by atomic mass is 9.92. The van der Waals surface area contributed by atoms with Crippen molar-refractivity contribution in [2.24, 2.45) is 14.1 Å². The molecule has 1 atom stereocenters. The van der Waals surface area contributed by atoms with Gasteiger partial charge in [0, 0.05) is 14.1 Å². The predicted molar refractivity (Wildman–Crippen MR) is 106 cm³/mol. The smallest absolute Gasteiger partial charge is 0.332 e. The van der Waals surface area contributed by atoms with Crippen LogP contribution in [-0.2, 0) is 24.4 Å². The third-order valence-corrected chi connectivity index (χ3v) is 5.23. The predicted octanol–water partition coefficient (Wildman–Crippen LogP) is -0.675. The van der Waals surface area contributed by atoms with Crippen LogP contribution in [0.3, 0.4) is 0 Å². The van der Waals surface area contributed by atoms with Gasteiger partial charge < -0.3 is 15.8 Å². The van der Waals surface area contributed by atoms with Gasteiger partial charge in [-0.05, 0) is 24.6 Å². The Hall–Kier alpha value is -3.89. The van der Waals surface area contributed by atoms with Gasteiger partial charge in [-0.25, -0.2) is 9.59 Å². The molecule has 0 radical (unpaired) electrons. The van der Waals surface area contributed by atoms with Crippen LogP contribution in [0.1, 0.15) is 22.8 Å². The SMILES string of the molecule is COc1ccc(C2(C)NC(=O)N(CC(=O)c3c(N)n(C)c(=O)n(C)c3=O)C2=O)cc1. The summed E-state index contributed by atoms with van der Waals surface area (Å²) in [6, 6.07) is 5.75. The van der Waals surface area contributed by atoms with Crippen LogP contribution >= 0.6 is 0 Å². The highest BCUT2D eigenvalue weighted by Gasteiger charge is 2.49. The van der Waals surface area contributed by atoms with Gasteiger partial charge >= 0.3 is 11.7 Å². The van der Waals surface area contributed by atoms with Crippen LogP contribution in [0.25, 0.3) is 0 Å². The number of aromatic nitrogens is 2. The summed E-state index contributed by atoms with van der Waals surface area (Å²) in [6.07, 6.45) is 0. The number of carbonyl (C=O) groups excluding carboxylic acids is 3. The van der Waals surface area contributed by atoms with E-state index in [0.29, 0.717) is 11.3 Å². The van der Waals surface area contributed by atoms with E-state index in [-0.39, 0.29) is 5.82 Å². The molecular formula is C19H21N5O6. The molecular weight excluding hydrogens is 394 g/mol. The lowest BCUT2D eigenvalue weighted by Gasteiger charge is -2.22. The number of Topliss-reactive ketones (excluding diaryl/α,β-unsaturated/α-hetero) is 1. The zero-order valence-corrected chi connectivity index (χ0v) is 16.9. The second kappa shape index (κ2) is 7.17. The quantitative estimate of drug-likeness (QED) is 0.486. The van der Waals surface area contributed by atoms with E-state index in [4.69, 9.17) is 10.5 Å². The van der Waals surface area contributed by atoms with Crippen molar-refractivity contribution in [3.63, 3.8) is 0 Å². The molecule has 1 unspecified atom stereocenters. The molecule has 0 aliphatic carbocycles. The Kier molecular flexibility index (Phi) is 4.98. The Morgan fingerprint density at radius 3 is 2.27 bits per heavy atom. The van der Waals surface area contributed by atoms with E-state index >= 15 is 0 Å². The van der Waals surface area contributed by atoms with E-state index in [2.05, 4.69) is 5.32 Å². The Labute approximate surface area is 170 Å². The van der Waals surface area contributed by atoms with E-state index in [1.54, 1.807) is 24.3 Å². The van der Waals surface area contributed by atoms with Crippen molar-refractivity contribution < 1.29 is 19.1 Å². The van der Waals surface area contributed by atoms with Crippen LogP contribution in [0, 0.1) is 0 Å². The molecule has 1 fully saturated rings. The number of ether oxygens (including phenoxy) is 1. The lowest BCUT2D eigenvalue weighted by molar-refractivity contribution is -0.130. The van der Waals surface area contributed by atoms with E-state index < -0.39 is 46.6 Å². The number of hydrogen-bond acceptors (Lipinski definition) is 7. The number of nitrogens with one attached hydrogen (secondary N) is 1. The van der Waals surface area contributed by atoms with Crippen molar-refractivity contribution in [1.82, 2.24) is 19.4 Å². The summed E-state index contributed by atoms with van der Waals surface area (Å²) in [7, 11) is 4.01. The number of ketones is 1. The second-order valence-corrected chi connectivity index (χ2v) is 7.06. The average molecular weight is 415 g/mol. The van der Waals surface area contributed by atoms with Crippen LogP contribution in [0.5, 0.6) is 5.75 Å². The summed E-state index contributed by atoms with van der Waals surface area (Å²) in [5, 5.41) is 2.58. The fourth-order valence-electron chi connectivity index (χ4n) is 3.31. The molecule has 2 heterocycles. The second-order valence-electron chi connectivity index (χ2n) is 7.06. The highest BCUT2D eigenvalue weighted by atomic mass is 16.5. The first-order valence-electron chi connectivity index (χ1n) is 8.90. The number of imide groups is 1. The Bertz CT molecular complexity index is 1180. The fraction of sp³-hybridized carbons (Fsp3) is 0.316. The molecule has 11 heteroatoms. The van der Waals surface area contributed by atoms with Crippen LogP contribution in [0.2, 0.25) is 0 Å². The minimum atomic E-state index is -1.40. The zero-order valence-electron chi connectivity index (χ0n) is 16.9. The minimum Gasteiger partial charge on any atom is -0.497 e. The molecule has 11 nitrogen and oxygen atoms in total. The fourth-order valence-corrected chi connectivity index (χ4v) is 3.31. The van der Waals surface area contributed by atoms with Crippen molar-refractivity contribution in [3.8, 4) is 5.75 Å². The first-order chi connectivity index (χ1) is 14.0. The minimum absolute atomic E-state index is 0.335. The van der Waals surface area contributed by atoms with Gasteiger partial charge in [0.1, 0.15) is 22.7 Å². The molecule has 30 heavy (non-hydrogen) atoms. The van der Waals surface area contributed by atoms with Crippen molar-refractivity contribution in [3.05, 3.63) is 56.2 Å². The van der Waals surface area contributed by atoms with Crippen LogP contribution in [-0.4, -0.2) is 45.4 Å². The van der Waals surface area contributed by atoms with E-state index in [1.165, 1.54) is 28.1 Å². The molecule has 3 N–H and O–H groups in total. The summed E-state index contributed by atoms with van der Waals surface area (Å²) >= 11 is 0. The van der Waals surface area contributed by atoms with E-state index in [9.17, 15) is 24.0 Å². The summed E-state index contributed by atoms with van der Waals surface area (Å²) in [4.78, 5) is 63.3. The highest BCUT2D eigenvalue weighted by molar-refractivity contribution is 6.12. The van der Waals surface area contributed by atoms with E-state index in [0.717, 1.165) is 14.0 Å². The first kappa shape index (κ1) is 20.8. The molecule has 0 spiro atoms. The Morgan fingerprint density at radius 2 is 1.70 bits per heavy atom. The normalized spacial score (nSPS) is 18.5. The number of urea groups is 1. The van der Waals surface area contributed by atoms with Crippen molar-refractivity contribution in [2.45, 2.75) is 12.5 Å². The monoisotopic (exact) mass is 415 g/mol. The molecule has 3 amide bonds. The number of methoxy groups -OCH3 is 1. The van der Waals surface area contributed by atoms with Gasteiger partial charge in [-0.1, -0.05) is 12.1 Å². The largest absolute Gasteiger partial charge is 0.497 e. The average Bonchev–Trinajstić information content (AvgIpc) is 2.95. The lowest BCUT2D eigenvalue weighted by Crippen LogP contribution is -2.44. The molecule has 0 saturated carbocycles. The van der Waals surface area contributed by atoms with Gasteiger partial charge in [-0.3, -0.25) is 28.4 Å². The molecule has 2 aromatic rings. The Balaban J connectivity index is 1.94.